The molecule has 1 heterocycles. The minimum absolute atomic E-state index is 0.189. The van der Waals surface area contributed by atoms with Gasteiger partial charge in [-0.3, -0.25) is 4.79 Å². The number of hydrogen-bond acceptors (Lipinski definition) is 4. The van der Waals surface area contributed by atoms with E-state index in [2.05, 4.69) is 41.3 Å². The molecule has 1 fully saturated rings. The fourth-order valence-corrected chi connectivity index (χ4v) is 4.18. The number of hydrogen-bond donors (Lipinski definition) is 2. The number of aromatic nitrogens is 1. The molecule has 3 unspecified atom stereocenters. The van der Waals surface area contributed by atoms with E-state index < -0.39 is 0 Å². The van der Waals surface area contributed by atoms with Gasteiger partial charge in [0.25, 0.3) is 0 Å². The highest BCUT2D eigenvalue weighted by Crippen LogP contribution is 2.34. The molecule has 1 amide bonds. The van der Waals surface area contributed by atoms with Gasteiger partial charge in [-0.1, -0.05) is 56.2 Å². The van der Waals surface area contributed by atoms with Gasteiger partial charge in [0.2, 0.25) is 6.41 Å². The number of amides is 1. The topological polar surface area (TPSA) is 54.0 Å². The Labute approximate surface area is 167 Å². The van der Waals surface area contributed by atoms with Gasteiger partial charge in [-0.25, -0.2) is 4.98 Å². The second-order valence-electron chi connectivity index (χ2n) is 7.03. The van der Waals surface area contributed by atoms with Crippen molar-refractivity contribution < 1.29 is 4.79 Å². The second-order valence-corrected chi connectivity index (χ2v) is 7.88. The Morgan fingerprint density at radius 2 is 2.11 bits per heavy atom. The fraction of sp³-hybridized carbons (Fsp3) is 0.455. The van der Waals surface area contributed by atoms with Crippen LogP contribution in [-0.2, 0) is 11.3 Å². The van der Waals surface area contributed by atoms with Crippen LogP contribution in [0.4, 0.5) is 5.13 Å². The third-order valence-corrected chi connectivity index (χ3v) is 6.00. The molecule has 27 heavy (non-hydrogen) atoms. The number of rotatable bonds is 8. The summed E-state index contributed by atoms with van der Waals surface area (Å²) < 4.78 is 0. The largest absolute Gasteiger partial charge is 0.357 e. The summed E-state index contributed by atoms with van der Waals surface area (Å²) in [4.78, 5) is 14.7. The van der Waals surface area contributed by atoms with E-state index in [4.69, 9.17) is 0 Å². The summed E-state index contributed by atoms with van der Waals surface area (Å²) in [5.41, 5.74) is 2.35. The lowest BCUT2D eigenvalue weighted by Crippen LogP contribution is -2.32. The Bertz CT molecular complexity index is 686. The average molecular weight is 386 g/mol. The first-order valence-corrected chi connectivity index (χ1v) is 10.6. The minimum atomic E-state index is 0.189. The quantitative estimate of drug-likeness (QED) is 0.486. The normalized spacial score (nSPS) is 19.5. The van der Waals surface area contributed by atoms with E-state index >= 15 is 0 Å². The summed E-state index contributed by atoms with van der Waals surface area (Å²) in [6.45, 7) is 8.84. The zero-order valence-corrected chi connectivity index (χ0v) is 17.2. The summed E-state index contributed by atoms with van der Waals surface area (Å²) in [6.07, 6.45) is 7.69. The maximum atomic E-state index is 10.3. The van der Waals surface area contributed by atoms with Gasteiger partial charge < -0.3 is 10.6 Å². The molecule has 0 aliphatic heterocycles. The van der Waals surface area contributed by atoms with Crippen LogP contribution in [0.3, 0.4) is 0 Å². The van der Waals surface area contributed by atoms with E-state index in [-0.39, 0.29) is 6.04 Å². The Morgan fingerprint density at radius 3 is 2.67 bits per heavy atom. The van der Waals surface area contributed by atoms with E-state index in [0.717, 1.165) is 29.7 Å². The van der Waals surface area contributed by atoms with Gasteiger partial charge >= 0.3 is 0 Å². The third-order valence-electron chi connectivity index (χ3n) is 5.09. The Hall–Kier alpha value is -2.14. The molecule has 146 valence electrons. The lowest BCUT2D eigenvalue weighted by molar-refractivity contribution is -0.110. The first kappa shape index (κ1) is 21.2. The van der Waals surface area contributed by atoms with Crippen LogP contribution in [0.15, 0.2) is 48.4 Å². The monoisotopic (exact) mass is 385 g/mol. The average Bonchev–Trinajstić information content (AvgIpc) is 3.34. The summed E-state index contributed by atoms with van der Waals surface area (Å²) >= 11 is 1.65. The van der Waals surface area contributed by atoms with Gasteiger partial charge in [-0.2, -0.15) is 0 Å². The molecule has 2 N–H and O–H groups in total. The van der Waals surface area contributed by atoms with Crippen molar-refractivity contribution in [3.8, 4) is 0 Å². The van der Waals surface area contributed by atoms with Gasteiger partial charge in [0.05, 0.1) is 5.69 Å². The highest BCUT2D eigenvalue weighted by molar-refractivity contribution is 7.13. The molecular weight excluding hydrogens is 354 g/mol. The summed E-state index contributed by atoms with van der Waals surface area (Å²) in [5.74, 6) is 1.48. The van der Waals surface area contributed by atoms with Crippen LogP contribution in [0.25, 0.3) is 0 Å². The fourth-order valence-electron chi connectivity index (χ4n) is 3.49. The molecule has 1 aliphatic rings. The van der Waals surface area contributed by atoms with Gasteiger partial charge in [0, 0.05) is 18.0 Å². The smallest absolute Gasteiger partial charge is 0.207 e. The highest BCUT2D eigenvalue weighted by atomic mass is 32.1. The van der Waals surface area contributed by atoms with Crippen molar-refractivity contribution >= 4 is 22.9 Å². The van der Waals surface area contributed by atoms with Crippen molar-refractivity contribution in [1.82, 2.24) is 10.3 Å². The standard InChI is InChI=1S/C11H12N2S.C11H19NO/c1-9-8-14-11(13-9)12-7-10-5-3-2-4-6-10;1-3-9-5-6-10(7-9)11(4-2)12-8-13/h2-6,8H,7H2,1H3,(H,12,13);4,8-11H,2-3,5-7H2,1H3,(H,12,13). The van der Waals surface area contributed by atoms with Crippen molar-refractivity contribution in [3.63, 3.8) is 0 Å². The van der Waals surface area contributed by atoms with Crippen molar-refractivity contribution in [1.29, 1.82) is 0 Å². The van der Waals surface area contributed by atoms with Crippen molar-refractivity contribution in [2.45, 2.75) is 52.1 Å². The molecule has 4 nitrogen and oxygen atoms in total. The number of carbonyl (C=O) groups is 1. The van der Waals surface area contributed by atoms with E-state index in [0.29, 0.717) is 5.92 Å². The lowest BCUT2D eigenvalue weighted by atomic mass is 9.96. The third kappa shape index (κ3) is 7.18. The van der Waals surface area contributed by atoms with E-state index in [1.165, 1.54) is 31.2 Å². The van der Waals surface area contributed by atoms with Crippen LogP contribution in [0, 0.1) is 18.8 Å². The van der Waals surface area contributed by atoms with E-state index in [1.807, 2.05) is 36.6 Å². The summed E-state index contributed by atoms with van der Waals surface area (Å²) in [6, 6.07) is 10.5. The summed E-state index contributed by atoms with van der Waals surface area (Å²) in [7, 11) is 0. The first-order valence-electron chi connectivity index (χ1n) is 9.68. The molecule has 3 rings (SSSR count). The van der Waals surface area contributed by atoms with Crippen LogP contribution >= 0.6 is 11.3 Å². The molecule has 0 radical (unpaired) electrons. The predicted octanol–water partition coefficient (Wildman–Crippen LogP) is 5.18. The molecule has 3 atom stereocenters. The molecule has 1 aromatic carbocycles. The molecule has 0 bridgehead atoms. The number of nitrogens with zero attached hydrogens (tertiary/aromatic N) is 1. The second kappa shape index (κ2) is 11.5. The van der Waals surface area contributed by atoms with Gasteiger partial charge in [0.15, 0.2) is 5.13 Å². The Balaban J connectivity index is 0.000000194. The maximum Gasteiger partial charge on any atom is 0.207 e. The van der Waals surface area contributed by atoms with Crippen LogP contribution < -0.4 is 10.6 Å². The molecule has 2 aromatic rings. The van der Waals surface area contributed by atoms with E-state index in [1.54, 1.807) is 11.3 Å². The Morgan fingerprint density at radius 1 is 1.33 bits per heavy atom. The molecule has 0 saturated heterocycles. The van der Waals surface area contributed by atoms with Crippen molar-refractivity contribution in [2.75, 3.05) is 5.32 Å². The van der Waals surface area contributed by atoms with Gasteiger partial charge in [-0.05, 0) is 37.2 Å². The molecule has 1 aromatic heterocycles. The zero-order chi connectivity index (χ0) is 19.5. The molecule has 0 spiro atoms. The highest BCUT2D eigenvalue weighted by Gasteiger charge is 2.27. The first-order chi connectivity index (χ1) is 13.2. The van der Waals surface area contributed by atoms with Crippen LogP contribution in [0.5, 0.6) is 0 Å². The van der Waals surface area contributed by atoms with Crippen LogP contribution in [-0.4, -0.2) is 17.4 Å². The lowest BCUT2D eigenvalue weighted by Gasteiger charge is -2.19. The van der Waals surface area contributed by atoms with Gasteiger partial charge in [0.1, 0.15) is 0 Å². The summed E-state index contributed by atoms with van der Waals surface area (Å²) in [5, 5.41) is 9.15. The van der Waals surface area contributed by atoms with Crippen molar-refractivity contribution in [3.05, 3.63) is 59.6 Å². The number of anilines is 1. The molecular formula is C22H31N3OS. The maximum absolute atomic E-state index is 10.3. The predicted molar refractivity (Wildman–Crippen MR) is 115 cm³/mol. The van der Waals surface area contributed by atoms with Crippen molar-refractivity contribution in [2.24, 2.45) is 11.8 Å². The van der Waals surface area contributed by atoms with Crippen LogP contribution in [0.2, 0.25) is 0 Å². The van der Waals surface area contributed by atoms with E-state index in [9.17, 15) is 4.79 Å². The number of aryl methyl sites for hydroxylation is 1. The molecule has 1 aliphatic carbocycles. The number of benzene rings is 1. The Kier molecular flexibility index (Phi) is 9.05. The zero-order valence-electron chi connectivity index (χ0n) is 16.4. The number of nitrogens with one attached hydrogen (secondary N) is 2. The molecule has 1 saturated carbocycles. The van der Waals surface area contributed by atoms with Crippen LogP contribution in [0.1, 0.15) is 43.9 Å². The minimum Gasteiger partial charge on any atom is -0.357 e. The number of thiazole rings is 1. The van der Waals surface area contributed by atoms with Gasteiger partial charge in [-0.15, -0.1) is 17.9 Å². The SMILES string of the molecule is C=CC(NC=O)C1CCC(CC)C1.Cc1csc(NCc2ccccc2)n1. The number of carbonyl (C=O) groups excluding carboxylic acids is 1. The molecule has 5 heteroatoms.